The lowest BCUT2D eigenvalue weighted by molar-refractivity contribution is 0.0784. The number of hydrogen-bond acceptors (Lipinski definition) is 3. The van der Waals surface area contributed by atoms with Gasteiger partial charge in [-0.05, 0) is 31.4 Å². The Morgan fingerprint density at radius 3 is 2.74 bits per heavy atom. The summed E-state index contributed by atoms with van der Waals surface area (Å²) in [5.41, 5.74) is -0.0327. The van der Waals surface area contributed by atoms with Crippen LogP contribution in [-0.4, -0.2) is 43.2 Å². The number of rotatable bonds is 7. The maximum atomic E-state index is 13.7. The van der Waals surface area contributed by atoms with Crippen LogP contribution in [0.4, 0.5) is 4.39 Å². The molecule has 0 aliphatic heterocycles. The Labute approximate surface area is 112 Å². The van der Waals surface area contributed by atoms with E-state index in [-0.39, 0.29) is 23.8 Å². The normalized spacial score (nSPS) is 10.3. The van der Waals surface area contributed by atoms with Gasteiger partial charge in [0.15, 0.2) is 0 Å². The van der Waals surface area contributed by atoms with E-state index < -0.39 is 5.82 Å². The van der Waals surface area contributed by atoms with Crippen molar-refractivity contribution in [2.24, 2.45) is 0 Å². The number of benzene rings is 1. The number of amides is 1. The molecular formula is C14H20FNO3. The molecule has 1 N–H and O–H groups in total. The van der Waals surface area contributed by atoms with Crippen molar-refractivity contribution in [2.45, 2.75) is 19.3 Å². The van der Waals surface area contributed by atoms with Crippen LogP contribution in [-0.2, 0) is 0 Å². The molecule has 0 fully saturated rings. The molecule has 0 spiro atoms. The molecule has 5 heteroatoms. The van der Waals surface area contributed by atoms with Gasteiger partial charge in [0.1, 0.15) is 17.1 Å². The van der Waals surface area contributed by atoms with Gasteiger partial charge in [0.05, 0.1) is 7.11 Å². The fraction of sp³-hybridized carbons (Fsp3) is 0.500. The van der Waals surface area contributed by atoms with Gasteiger partial charge >= 0.3 is 0 Å². The van der Waals surface area contributed by atoms with E-state index in [1.54, 1.807) is 13.1 Å². The second kappa shape index (κ2) is 7.74. The number of aliphatic hydroxyl groups excluding tert-OH is 1. The largest absolute Gasteiger partial charge is 0.496 e. The summed E-state index contributed by atoms with van der Waals surface area (Å²) in [5, 5.41) is 8.68. The van der Waals surface area contributed by atoms with E-state index in [2.05, 4.69) is 0 Å². The van der Waals surface area contributed by atoms with Gasteiger partial charge < -0.3 is 14.7 Å². The molecule has 1 rings (SSSR count). The average Bonchev–Trinajstić information content (AvgIpc) is 2.42. The summed E-state index contributed by atoms with van der Waals surface area (Å²) in [6.07, 6.45) is 2.33. The van der Waals surface area contributed by atoms with Crippen LogP contribution in [0.15, 0.2) is 18.2 Å². The topological polar surface area (TPSA) is 49.8 Å². The van der Waals surface area contributed by atoms with Gasteiger partial charge in [-0.1, -0.05) is 6.07 Å². The monoisotopic (exact) mass is 269 g/mol. The number of carbonyl (C=O) groups is 1. The van der Waals surface area contributed by atoms with E-state index in [0.29, 0.717) is 13.0 Å². The van der Waals surface area contributed by atoms with Crippen LogP contribution in [0.2, 0.25) is 0 Å². The van der Waals surface area contributed by atoms with Crippen LogP contribution in [0.3, 0.4) is 0 Å². The molecule has 0 saturated heterocycles. The van der Waals surface area contributed by atoms with Crippen molar-refractivity contribution in [1.82, 2.24) is 4.90 Å². The summed E-state index contributed by atoms with van der Waals surface area (Å²) < 4.78 is 18.8. The van der Waals surface area contributed by atoms with Crippen LogP contribution in [0.1, 0.15) is 29.6 Å². The van der Waals surface area contributed by atoms with Gasteiger partial charge in [-0.15, -0.1) is 0 Å². The van der Waals surface area contributed by atoms with Crippen molar-refractivity contribution in [3.8, 4) is 5.75 Å². The molecule has 1 aromatic rings. The SMILES string of the molecule is COc1cccc(F)c1C(=O)N(C)CCCCCO. The predicted molar refractivity (Wildman–Crippen MR) is 70.8 cm³/mol. The molecule has 0 bridgehead atoms. The van der Waals surface area contributed by atoms with Gasteiger partial charge in [-0.3, -0.25) is 4.79 Å². The van der Waals surface area contributed by atoms with Crippen LogP contribution in [0, 0.1) is 5.82 Å². The van der Waals surface area contributed by atoms with E-state index in [9.17, 15) is 9.18 Å². The van der Waals surface area contributed by atoms with Gasteiger partial charge in [0, 0.05) is 20.2 Å². The number of aliphatic hydroxyl groups is 1. The number of methoxy groups -OCH3 is 1. The van der Waals surface area contributed by atoms with E-state index in [4.69, 9.17) is 9.84 Å². The van der Waals surface area contributed by atoms with Crippen LogP contribution in [0.25, 0.3) is 0 Å². The highest BCUT2D eigenvalue weighted by Gasteiger charge is 2.20. The van der Waals surface area contributed by atoms with Crippen molar-refractivity contribution in [3.05, 3.63) is 29.6 Å². The first-order valence-corrected chi connectivity index (χ1v) is 6.30. The Morgan fingerprint density at radius 1 is 1.37 bits per heavy atom. The molecule has 0 radical (unpaired) electrons. The average molecular weight is 269 g/mol. The summed E-state index contributed by atoms with van der Waals surface area (Å²) in [6.45, 7) is 0.676. The van der Waals surface area contributed by atoms with Gasteiger partial charge in [0.2, 0.25) is 0 Å². The first-order valence-electron chi connectivity index (χ1n) is 6.30. The number of hydrogen-bond donors (Lipinski definition) is 1. The summed E-state index contributed by atoms with van der Waals surface area (Å²) in [5.74, 6) is -0.724. The van der Waals surface area contributed by atoms with Crippen molar-refractivity contribution in [3.63, 3.8) is 0 Å². The lowest BCUT2D eigenvalue weighted by atomic mass is 10.1. The van der Waals surface area contributed by atoms with E-state index in [1.807, 2.05) is 0 Å². The molecule has 19 heavy (non-hydrogen) atoms. The maximum absolute atomic E-state index is 13.7. The summed E-state index contributed by atoms with van der Waals surface area (Å²) in [7, 11) is 3.04. The Hall–Kier alpha value is -1.62. The summed E-state index contributed by atoms with van der Waals surface area (Å²) >= 11 is 0. The minimum Gasteiger partial charge on any atom is -0.496 e. The Balaban J connectivity index is 2.71. The predicted octanol–water partition coefficient (Wildman–Crippen LogP) is 2.07. The zero-order chi connectivity index (χ0) is 14.3. The summed E-state index contributed by atoms with van der Waals surface area (Å²) in [4.78, 5) is 13.6. The third kappa shape index (κ3) is 4.21. The molecule has 0 aliphatic rings. The van der Waals surface area contributed by atoms with E-state index in [1.165, 1.54) is 24.1 Å². The van der Waals surface area contributed by atoms with E-state index in [0.717, 1.165) is 12.8 Å². The van der Waals surface area contributed by atoms with Gasteiger partial charge in [0.25, 0.3) is 5.91 Å². The standard InChI is InChI=1S/C14H20FNO3/c1-16(9-4-3-5-10-17)14(18)13-11(15)7-6-8-12(13)19-2/h6-8,17H,3-5,9-10H2,1-2H3. The number of halogens is 1. The highest BCUT2D eigenvalue weighted by molar-refractivity contribution is 5.97. The Morgan fingerprint density at radius 2 is 2.11 bits per heavy atom. The zero-order valence-electron chi connectivity index (χ0n) is 11.4. The quantitative estimate of drug-likeness (QED) is 0.771. The number of ether oxygens (including phenoxy) is 1. The molecule has 4 nitrogen and oxygen atoms in total. The zero-order valence-corrected chi connectivity index (χ0v) is 11.4. The third-order valence-corrected chi connectivity index (χ3v) is 2.91. The Kier molecular flexibility index (Phi) is 6.29. The molecule has 1 amide bonds. The molecule has 0 aliphatic carbocycles. The molecule has 0 heterocycles. The fourth-order valence-electron chi connectivity index (χ4n) is 1.81. The van der Waals surface area contributed by atoms with Crippen LogP contribution in [0.5, 0.6) is 5.75 Å². The first-order chi connectivity index (χ1) is 9.11. The van der Waals surface area contributed by atoms with Gasteiger partial charge in [-0.2, -0.15) is 0 Å². The molecule has 106 valence electrons. The van der Waals surface area contributed by atoms with E-state index >= 15 is 0 Å². The maximum Gasteiger partial charge on any atom is 0.260 e. The number of nitrogens with zero attached hydrogens (tertiary/aromatic N) is 1. The molecule has 0 unspecified atom stereocenters. The first kappa shape index (κ1) is 15.4. The third-order valence-electron chi connectivity index (χ3n) is 2.91. The molecular weight excluding hydrogens is 249 g/mol. The molecule has 0 saturated carbocycles. The second-order valence-electron chi connectivity index (χ2n) is 4.33. The molecule has 1 aromatic carbocycles. The van der Waals surface area contributed by atoms with Crippen molar-refractivity contribution < 1.29 is 19.0 Å². The second-order valence-corrected chi connectivity index (χ2v) is 4.33. The van der Waals surface area contributed by atoms with Crippen LogP contribution < -0.4 is 4.74 Å². The highest BCUT2D eigenvalue weighted by atomic mass is 19.1. The number of carbonyl (C=O) groups excluding carboxylic acids is 1. The lowest BCUT2D eigenvalue weighted by Crippen LogP contribution is -2.29. The van der Waals surface area contributed by atoms with Crippen molar-refractivity contribution in [1.29, 1.82) is 0 Å². The number of unbranched alkanes of at least 4 members (excludes halogenated alkanes) is 2. The lowest BCUT2D eigenvalue weighted by Gasteiger charge is -2.18. The minimum absolute atomic E-state index is 0.0327. The highest BCUT2D eigenvalue weighted by Crippen LogP contribution is 2.22. The Bertz CT molecular complexity index is 423. The van der Waals surface area contributed by atoms with Crippen LogP contribution >= 0.6 is 0 Å². The van der Waals surface area contributed by atoms with Crippen molar-refractivity contribution >= 4 is 5.91 Å². The molecule has 0 atom stereocenters. The minimum atomic E-state index is -0.577. The smallest absolute Gasteiger partial charge is 0.260 e. The summed E-state index contributed by atoms with van der Waals surface area (Å²) in [6, 6.07) is 4.32. The molecule has 0 aromatic heterocycles. The fourth-order valence-corrected chi connectivity index (χ4v) is 1.81. The van der Waals surface area contributed by atoms with Crippen molar-refractivity contribution in [2.75, 3.05) is 27.3 Å². The van der Waals surface area contributed by atoms with Gasteiger partial charge in [-0.25, -0.2) is 4.39 Å².